The molecule has 0 atom stereocenters. The topological polar surface area (TPSA) is 89.1 Å². The lowest BCUT2D eigenvalue weighted by molar-refractivity contribution is 0.0955. The number of aromatic amines is 1. The number of amides is 1. The molecule has 0 aliphatic rings. The lowest BCUT2D eigenvalue weighted by Crippen LogP contribution is -2.24. The maximum atomic E-state index is 13.2. The highest BCUT2D eigenvalue weighted by Gasteiger charge is 2.20. The first kappa shape index (κ1) is 21.4. The van der Waals surface area contributed by atoms with Crippen LogP contribution in [0.5, 0.6) is 11.5 Å². The van der Waals surface area contributed by atoms with Gasteiger partial charge in [-0.1, -0.05) is 13.3 Å². The highest BCUT2D eigenvalue weighted by Crippen LogP contribution is 2.32. The van der Waals surface area contributed by atoms with Crippen LogP contribution in [0.15, 0.2) is 54.6 Å². The molecule has 0 aliphatic carbocycles. The zero-order valence-electron chi connectivity index (χ0n) is 18.4. The van der Waals surface area contributed by atoms with Crippen molar-refractivity contribution >= 4 is 16.9 Å². The van der Waals surface area contributed by atoms with Crippen molar-refractivity contribution in [1.29, 1.82) is 0 Å². The average Bonchev–Trinajstić information content (AvgIpc) is 3.27. The Morgan fingerprint density at radius 1 is 0.969 bits per heavy atom. The van der Waals surface area contributed by atoms with Crippen molar-refractivity contribution in [3.8, 4) is 34.0 Å². The summed E-state index contributed by atoms with van der Waals surface area (Å²) in [5, 5.41) is 11.2. The molecule has 2 aromatic carbocycles. The van der Waals surface area contributed by atoms with Gasteiger partial charge in [0.05, 0.1) is 36.6 Å². The Morgan fingerprint density at radius 2 is 1.59 bits per heavy atom. The third kappa shape index (κ3) is 4.27. The van der Waals surface area contributed by atoms with Gasteiger partial charge in [0.15, 0.2) is 5.65 Å². The Kier molecular flexibility index (Phi) is 6.35. The minimum atomic E-state index is -0.142. The van der Waals surface area contributed by atoms with Crippen LogP contribution in [0.4, 0.5) is 0 Å². The predicted molar refractivity (Wildman–Crippen MR) is 125 cm³/mol. The van der Waals surface area contributed by atoms with Gasteiger partial charge in [-0.3, -0.25) is 9.89 Å². The molecule has 2 aromatic heterocycles. The molecule has 1 amide bonds. The van der Waals surface area contributed by atoms with Gasteiger partial charge < -0.3 is 14.8 Å². The van der Waals surface area contributed by atoms with Gasteiger partial charge in [0, 0.05) is 17.7 Å². The van der Waals surface area contributed by atoms with E-state index < -0.39 is 0 Å². The van der Waals surface area contributed by atoms with Crippen molar-refractivity contribution < 1.29 is 14.3 Å². The summed E-state index contributed by atoms with van der Waals surface area (Å²) in [5.41, 5.74) is 4.23. The lowest BCUT2D eigenvalue weighted by atomic mass is 10.0. The number of benzene rings is 2. The summed E-state index contributed by atoms with van der Waals surface area (Å²) in [5.74, 6) is 1.38. The Bertz CT molecular complexity index is 1210. The van der Waals surface area contributed by atoms with E-state index in [0.29, 0.717) is 28.8 Å². The first-order chi connectivity index (χ1) is 15.6. The Balaban J connectivity index is 1.83. The minimum Gasteiger partial charge on any atom is -0.497 e. The lowest BCUT2D eigenvalue weighted by Gasteiger charge is -2.10. The normalized spacial score (nSPS) is 10.8. The van der Waals surface area contributed by atoms with Crippen LogP contribution >= 0.6 is 0 Å². The number of nitrogens with one attached hydrogen (secondary N) is 2. The average molecular weight is 431 g/mol. The molecular formula is C25H26N4O3. The Morgan fingerprint density at radius 3 is 2.19 bits per heavy atom. The molecule has 0 aliphatic heterocycles. The van der Waals surface area contributed by atoms with Crippen molar-refractivity contribution in [2.75, 3.05) is 20.8 Å². The molecule has 0 bridgehead atoms. The number of nitrogens with zero attached hydrogens (tertiary/aromatic N) is 2. The van der Waals surface area contributed by atoms with Crippen molar-refractivity contribution in [1.82, 2.24) is 20.5 Å². The number of H-pyrrole nitrogens is 1. The number of hydrogen-bond donors (Lipinski definition) is 2. The zero-order chi connectivity index (χ0) is 22.5. The minimum absolute atomic E-state index is 0.142. The van der Waals surface area contributed by atoms with E-state index in [1.807, 2.05) is 54.6 Å². The number of pyridine rings is 1. The fraction of sp³-hybridized carbons (Fsp3) is 0.240. The van der Waals surface area contributed by atoms with Gasteiger partial charge in [0.2, 0.25) is 0 Å². The second-order valence-corrected chi connectivity index (χ2v) is 7.42. The molecule has 32 heavy (non-hydrogen) atoms. The molecule has 0 saturated heterocycles. The van der Waals surface area contributed by atoms with E-state index in [9.17, 15) is 4.79 Å². The molecule has 2 heterocycles. The number of unbranched alkanes of at least 4 members (excludes halogenated alkanes) is 1. The van der Waals surface area contributed by atoms with Crippen molar-refractivity contribution in [2.24, 2.45) is 0 Å². The van der Waals surface area contributed by atoms with E-state index in [1.54, 1.807) is 14.2 Å². The van der Waals surface area contributed by atoms with Crippen LogP contribution in [0.1, 0.15) is 30.1 Å². The number of carbonyl (C=O) groups excluding carboxylic acids is 1. The molecule has 0 radical (unpaired) electrons. The second kappa shape index (κ2) is 9.51. The molecule has 0 spiro atoms. The number of aromatic nitrogens is 3. The molecule has 7 heteroatoms. The van der Waals surface area contributed by atoms with E-state index in [4.69, 9.17) is 14.5 Å². The Labute approximate surface area is 186 Å². The molecule has 0 saturated carbocycles. The van der Waals surface area contributed by atoms with Crippen LogP contribution in [-0.2, 0) is 0 Å². The quantitative estimate of drug-likeness (QED) is 0.391. The first-order valence-electron chi connectivity index (χ1n) is 10.6. The molecule has 4 aromatic rings. The standard InChI is InChI=1S/C25H26N4O3/c1-4-5-14-26-25(30)20-15-21(16-6-10-18(31-2)11-7-16)27-24-22(20)23(28-29-24)17-8-12-19(32-3)13-9-17/h6-13,15H,4-5,14H2,1-3H3,(H,26,30)(H,27,28,29). The van der Waals surface area contributed by atoms with Crippen molar-refractivity contribution in [3.05, 3.63) is 60.2 Å². The highest BCUT2D eigenvalue weighted by atomic mass is 16.5. The predicted octanol–water partition coefficient (Wildman–Crippen LogP) is 4.84. The maximum absolute atomic E-state index is 13.2. The highest BCUT2D eigenvalue weighted by molar-refractivity contribution is 6.11. The summed E-state index contributed by atoms with van der Waals surface area (Å²) in [6.07, 6.45) is 1.92. The van der Waals surface area contributed by atoms with Crippen LogP contribution < -0.4 is 14.8 Å². The Hall–Kier alpha value is -3.87. The van der Waals surface area contributed by atoms with E-state index in [2.05, 4.69) is 22.4 Å². The summed E-state index contributed by atoms with van der Waals surface area (Å²) in [6.45, 7) is 2.71. The molecule has 4 rings (SSSR count). The van der Waals surface area contributed by atoms with Gasteiger partial charge in [0.25, 0.3) is 5.91 Å². The molecular weight excluding hydrogens is 404 g/mol. The molecule has 0 fully saturated rings. The van der Waals surface area contributed by atoms with Gasteiger partial charge in [0.1, 0.15) is 11.5 Å². The van der Waals surface area contributed by atoms with E-state index in [-0.39, 0.29) is 5.91 Å². The van der Waals surface area contributed by atoms with Crippen LogP contribution in [0.25, 0.3) is 33.5 Å². The summed E-state index contributed by atoms with van der Waals surface area (Å²) in [6, 6.07) is 17.0. The SMILES string of the molecule is CCCCNC(=O)c1cc(-c2ccc(OC)cc2)nc2n[nH]c(-c3ccc(OC)cc3)c12. The van der Waals surface area contributed by atoms with Crippen molar-refractivity contribution in [3.63, 3.8) is 0 Å². The van der Waals surface area contributed by atoms with Crippen LogP contribution in [0, 0.1) is 0 Å². The fourth-order valence-electron chi connectivity index (χ4n) is 3.55. The van der Waals surface area contributed by atoms with Crippen LogP contribution in [0.3, 0.4) is 0 Å². The third-order valence-electron chi connectivity index (χ3n) is 5.35. The maximum Gasteiger partial charge on any atom is 0.252 e. The summed E-state index contributed by atoms with van der Waals surface area (Å²) >= 11 is 0. The smallest absolute Gasteiger partial charge is 0.252 e. The second-order valence-electron chi connectivity index (χ2n) is 7.42. The number of carbonyl (C=O) groups is 1. The third-order valence-corrected chi connectivity index (χ3v) is 5.35. The number of hydrogen-bond acceptors (Lipinski definition) is 5. The van der Waals surface area contributed by atoms with E-state index in [0.717, 1.165) is 41.2 Å². The van der Waals surface area contributed by atoms with Gasteiger partial charge in [-0.15, -0.1) is 0 Å². The van der Waals surface area contributed by atoms with E-state index >= 15 is 0 Å². The van der Waals surface area contributed by atoms with E-state index in [1.165, 1.54) is 0 Å². The van der Waals surface area contributed by atoms with Gasteiger partial charge in [-0.25, -0.2) is 4.98 Å². The summed E-state index contributed by atoms with van der Waals surface area (Å²) in [4.78, 5) is 17.9. The summed E-state index contributed by atoms with van der Waals surface area (Å²) < 4.78 is 10.5. The fourth-order valence-corrected chi connectivity index (χ4v) is 3.55. The van der Waals surface area contributed by atoms with Gasteiger partial charge in [-0.05, 0) is 61.0 Å². The largest absolute Gasteiger partial charge is 0.497 e. The van der Waals surface area contributed by atoms with Crippen LogP contribution in [-0.4, -0.2) is 41.9 Å². The monoisotopic (exact) mass is 430 g/mol. The summed E-state index contributed by atoms with van der Waals surface area (Å²) in [7, 11) is 3.26. The molecule has 164 valence electrons. The van der Waals surface area contributed by atoms with Gasteiger partial charge in [-0.2, -0.15) is 5.10 Å². The number of ether oxygens (including phenoxy) is 2. The van der Waals surface area contributed by atoms with Crippen LogP contribution in [0.2, 0.25) is 0 Å². The number of rotatable bonds is 8. The number of methoxy groups -OCH3 is 2. The molecule has 0 unspecified atom stereocenters. The molecule has 2 N–H and O–H groups in total. The first-order valence-corrected chi connectivity index (χ1v) is 10.6. The van der Waals surface area contributed by atoms with Crippen molar-refractivity contribution in [2.45, 2.75) is 19.8 Å². The molecule has 7 nitrogen and oxygen atoms in total. The zero-order valence-corrected chi connectivity index (χ0v) is 18.4. The van der Waals surface area contributed by atoms with Gasteiger partial charge >= 0.3 is 0 Å². The number of fused-ring (bicyclic) bond motifs is 1.